The van der Waals surface area contributed by atoms with E-state index in [0.717, 1.165) is 18.1 Å². The zero-order chi connectivity index (χ0) is 28.5. The molecular formula is C29H43F3N2O4. The van der Waals surface area contributed by atoms with E-state index in [1.54, 1.807) is 11.0 Å². The third kappa shape index (κ3) is 7.79. The number of alkyl halides is 3. The quantitative estimate of drug-likeness (QED) is 0.380. The number of rotatable bonds is 4. The fourth-order valence-electron chi connectivity index (χ4n) is 5.36. The van der Waals surface area contributed by atoms with Gasteiger partial charge in [0.05, 0.1) is 11.5 Å². The molecule has 38 heavy (non-hydrogen) atoms. The fourth-order valence-corrected chi connectivity index (χ4v) is 5.36. The SMILES string of the molecule is CC[C@@H]1C[C@H](c2ccc(C(F)(F)F)cc2N2CCC(C(=O)OC(C)(C)C)CC2)CCN1C(=O)OC(C)(C)C. The standard InChI is InChI=1S/C29H43F3N2O4/c1-8-22-17-20(13-16-34(22)26(36)38-28(5,6)7)23-10-9-21(29(30,31)32)18-24(23)33-14-11-19(12-15-33)25(35)37-27(2,3)4/h9-10,18-20,22H,8,11-17H2,1-7H3/t20-,22-/m1/s1. The number of hydrogen-bond donors (Lipinski definition) is 0. The van der Waals surface area contributed by atoms with E-state index in [1.807, 2.05) is 53.4 Å². The molecule has 2 atom stereocenters. The van der Waals surface area contributed by atoms with E-state index in [4.69, 9.17) is 9.47 Å². The Labute approximate surface area is 224 Å². The molecule has 0 aromatic heterocycles. The highest BCUT2D eigenvalue weighted by Gasteiger charge is 2.38. The molecule has 3 rings (SSSR count). The molecule has 9 heteroatoms. The summed E-state index contributed by atoms with van der Waals surface area (Å²) in [5, 5.41) is 0. The van der Waals surface area contributed by atoms with Gasteiger partial charge in [0.2, 0.25) is 0 Å². The zero-order valence-electron chi connectivity index (χ0n) is 23.8. The van der Waals surface area contributed by atoms with E-state index in [2.05, 4.69) is 0 Å². The molecule has 0 saturated carbocycles. The van der Waals surface area contributed by atoms with Gasteiger partial charge in [-0.15, -0.1) is 0 Å². The third-order valence-corrected chi connectivity index (χ3v) is 7.19. The van der Waals surface area contributed by atoms with E-state index in [9.17, 15) is 22.8 Å². The van der Waals surface area contributed by atoms with Crippen molar-refractivity contribution in [2.45, 2.75) is 110 Å². The molecule has 0 radical (unpaired) electrons. The van der Waals surface area contributed by atoms with Crippen LogP contribution in [-0.2, 0) is 20.4 Å². The summed E-state index contributed by atoms with van der Waals surface area (Å²) in [7, 11) is 0. The minimum Gasteiger partial charge on any atom is -0.460 e. The van der Waals surface area contributed by atoms with Crippen LogP contribution in [0.3, 0.4) is 0 Å². The van der Waals surface area contributed by atoms with Crippen molar-refractivity contribution in [3.05, 3.63) is 29.3 Å². The van der Waals surface area contributed by atoms with Gasteiger partial charge >= 0.3 is 18.2 Å². The molecule has 0 aliphatic carbocycles. The first-order chi connectivity index (χ1) is 17.5. The summed E-state index contributed by atoms with van der Waals surface area (Å²) in [5.74, 6) is -0.498. The lowest BCUT2D eigenvalue weighted by atomic mass is 9.82. The summed E-state index contributed by atoms with van der Waals surface area (Å²) in [6.45, 7) is 14.4. The lowest BCUT2D eigenvalue weighted by molar-refractivity contribution is -0.160. The van der Waals surface area contributed by atoms with Crippen LogP contribution >= 0.6 is 0 Å². The van der Waals surface area contributed by atoms with Crippen molar-refractivity contribution >= 4 is 17.7 Å². The van der Waals surface area contributed by atoms with Crippen molar-refractivity contribution < 1.29 is 32.2 Å². The van der Waals surface area contributed by atoms with Crippen LogP contribution in [0.2, 0.25) is 0 Å². The van der Waals surface area contributed by atoms with Crippen LogP contribution in [-0.4, -0.2) is 53.8 Å². The Bertz CT molecular complexity index is 989. The molecule has 1 aromatic rings. The zero-order valence-corrected chi connectivity index (χ0v) is 23.8. The van der Waals surface area contributed by atoms with E-state index < -0.39 is 22.9 Å². The molecule has 1 amide bonds. The molecule has 2 saturated heterocycles. The number of ether oxygens (including phenoxy) is 2. The maximum absolute atomic E-state index is 13.7. The number of benzene rings is 1. The van der Waals surface area contributed by atoms with Gasteiger partial charge in [-0.25, -0.2) is 4.79 Å². The second kappa shape index (κ2) is 11.3. The Morgan fingerprint density at radius 1 is 0.921 bits per heavy atom. The highest BCUT2D eigenvalue weighted by atomic mass is 19.4. The van der Waals surface area contributed by atoms with Gasteiger partial charge in [0.1, 0.15) is 11.2 Å². The minimum absolute atomic E-state index is 0.0134. The second-order valence-electron chi connectivity index (χ2n) is 12.5. The van der Waals surface area contributed by atoms with Crippen molar-refractivity contribution in [2.75, 3.05) is 24.5 Å². The number of halogens is 3. The molecule has 2 aliphatic rings. The van der Waals surface area contributed by atoms with Crippen molar-refractivity contribution in [1.29, 1.82) is 0 Å². The first kappa shape index (κ1) is 30.1. The van der Waals surface area contributed by atoms with E-state index in [-0.39, 0.29) is 29.9 Å². The van der Waals surface area contributed by atoms with E-state index >= 15 is 0 Å². The number of amides is 1. The average Bonchev–Trinajstić information content (AvgIpc) is 2.80. The van der Waals surface area contributed by atoms with Gasteiger partial charge in [-0.05, 0) is 97.3 Å². The van der Waals surface area contributed by atoms with Gasteiger partial charge in [-0.3, -0.25) is 4.79 Å². The Balaban J connectivity index is 1.82. The topological polar surface area (TPSA) is 59.1 Å². The Kier molecular flexibility index (Phi) is 8.98. The molecule has 0 bridgehead atoms. The molecule has 2 heterocycles. The smallest absolute Gasteiger partial charge is 0.416 e. The van der Waals surface area contributed by atoms with Crippen molar-refractivity contribution in [3.8, 4) is 0 Å². The van der Waals surface area contributed by atoms with Crippen LogP contribution in [0.1, 0.15) is 97.6 Å². The van der Waals surface area contributed by atoms with E-state index in [0.29, 0.717) is 51.0 Å². The average molecular weight is 541 g/mol. The van der Waals surface area contributed by atoms with Crippen molar-refractivity contribution in [2.24, 2.45) is 5.92 Å². The summed E-state index contributed by atoms with van der Waals surface area (Å²) in [5.41, 5.74) is -0.405. The lowest BCUT2D eigenvalue weighted by Crippen LogP contribution is -2.47. The second-order valence-corrected chi connectivity index (χ2v) is 12.5. The maximum atomic E-state index is 13.7. The Morgan fingerprint density at radius 3 is 2.05 bits per heavy atom. The molecule has 0 unspecified atom stereocenters. The monoisotopic (exact) mass is 540 g/mol. The van der Waals surface area contributed by atoms with Crippen molar-refractivity contribution in [3.63, 3.8) is 0 Å². The number of hydrogen-bond acceptors (Lipinski definition) is 5. The van der Waals surface area contributed by atoms with Gasteiger partial charge in [-0.2, -0.15) is 13.2 Å². The molecule has 2 aliphatic heterocycles. The molecule has 6 nitrogen and oxygen atoms in total. The molecule has 0 N–H and O–H groups in total. The van der Waals surface area contributed by atoms with Gasteiger partial charge < -0.3 is 19.3 Å². The van der Waals surface area contributed by atoms with Crippen LogP contribution in [0.15, 0.2) is 18.2 Å². The molecule has 1 aromatic carbocycles. The number of carbonyl (C=O) groups excluding carboxylic acids is 2. The first-order valence-electron chi connectivity index (χ1n) is 13.7. The highest BCUT2D eigenvalue weighted by Crippen LogP contribution is 2.42. The number of esters is 1. The maximum Gasteiger partial charge on any atom is 0.416 e. The fraction of sp³-hybridized carbons (Fsp3) is 0.724. The van der Waals surface area contributed by atoms with Crippen LogP contribution in [0.4, 0.5) is 23.7 Å². The van der Waals surface area contributed by atoms with Crippen LogP contribution < -0.4 is 4.90 Å². The molecule has 0 spiro atoms. The molecule has 2 fully saturated rings. The van der Waals surface area contributed by atoms with Gasteiger partial charge in [0.15, 0.2) is 0 Å². The predicted molar refractivity (Wildman–Crippen MR) is 141 cm³/mol. The summed E-state index contributed by atoms with van der Waals surface area (Å²) in [6, 6.07) is 3.97. The molecular weight excluding hydrogens is 497 g/mol. The lowest BCUT2D eigenvalue weighted by Gasteiger charge is -2.41. The minimum atomic E-state index is -4.45. The largest absolute Gasteiger partial charge is 0.460 e. The normalized spacial score (nSPS) is 21.8. The predicted octanol–water partition coefficient (Wildman–Crippen LogP) is 7.16. The van der Waals surface area contributed by atoms with Crippen molar-refractivity contribution in [1.82, 2.24) is 4.90 Å². The van der Waals surface area contributed by atoms with Crippen LogP contribution in [0.5, 0.6) is 0 Å². The Morgan fingerprint density at radius 2 is 1.53 bits per heavy atom. The van der Waals surface area contributed by atoms with E-state index in [1.165, 1.54) is 6.07 Å². The summed E-state index contributed by atoms with van der Waals surface area (Å²) < 4.78 is 52.2. The number of piperidine rings is 2. The van der Waals surface area contributed by atoms with Crippen LogP contribution in [0.25, 0.3) is 0 Å². The number of likely N-dealkylation sites (tertiary alicyclic amines) is 1. The first-order valence-corrected chi connectivity index (χ1v) is 13.7. The van der Waals surface area contributed by atoms with Gasteiger partial charge in [0.25, 0.3) is 0 Å². The van der Waals surface area contributed by atoms with Gasteiger partial charge in [0, 0.05) is 31.4 Å². The summed E-state index contributed by atoms with van der Waals surface area (Å²) in [4.78, 5) is 29.1. The molecule has 214 valence electrons. The number of nitrogens with zero attached hydrogens (tertiary/aromatic N) is 2. The number of anilines is 1. The summed E-state index contributed by atoms with van der Waals surface area (Å²) >= 11 is 0. The van der Waals surface area contributed by atoms with Gasteiger partial charge in [-0.1, -0.05) is 13.0 Å². The number of carbonyl (C=O) groups is 2. The third-order valence-electron chi connectivity index (χ3n) is 7.19. The Hall–Kier alpha value is -2.45. The summed E-state index contributed by atoms with van der Waals surface area (Å²) in [6.07, 6.45) is -1.72. The van der Waals surface area contributed by atoms with Crippen LogP contribution in [0, 0.1) is 5.92 Å². The highest BCUT2D eigenvalue weighted by molar-refractivity contribution is 5.73.